The van der Waals surface area contributed by atoms with E-state index in [0.717, 1.165) is 23.3 Å². The Balaban J connectivity index is 1.60. The monoisotopic (exact) mass is 406 g/mol. The SMILES string of the molecule is CO[C@H]1O[C@@H](c2ccc(Cl)c(Cc3ccc4c(c3)CCO4)c2)[C@H](O)[C@@H](O)[C@@H]1O. The molecule has 0 amide bonds. The summed E-state index contributed by atoms with van der Waals surface area (Å²) in [6.45, 7) is 0.709. The molecule has 2 heterocycles. The van der Waals surface area contributed by atoms with Gasteiger partial charge in [-0.1, -0.05) is 35.9 Å². The molecule has 5 atom stereocenters. The van der Waals surface area contributed by atoms with E-state index in [1.54, 1.807) is 12.1 Å². The van der Waals surface area contributed by atoms with Crippen LogP contribution in [0.4, 0.5) is 0 Å². The molecule has 0 unspecified atom stereocenters. The smallest absolute Gasteiger partial charge is 0.186 e. The third-order valence-electron chi connectivity index (χ3n) is 5.35. The molecular weight excluding hydrogens is 384 g/mol. The highest BCUT2D eigenvalue weighted by Gasteiger charge is 2.44. The van der Waals surface area contributed by atoms with Crippen LogP contribution in [0.25, 0.3) is 0 Å². The van der Waals surface area contributed by atoms with E-state index in [-0.39, 0.29) is 0 Å². The third-order valence-corrected chi connectivity index (χ3v) is 5.72. The van der Waals surface area contributed by atoms with Gasteiger partial charge in [0.05, 0.1) is 6.61 Å². The number of fused-ring (bicyclic) bond motifs is 1. The van der Waals surface area contributed by atoms with Gasteiger partial charge in [0.2, 0.25) is 0 Å². The summed E-state index contributed by atoms with van der Waals surface area (Å²) in [5.74, 6) is 0.931. The number of rotatable bonds is 4. The lowest BCUT2D eigenvalue weighted by Gasteiger charge is -2.40. The summed E-state index contributed by atoms with van der Waals surface area (Å²) >= 11 is 6.40. The fourth-order valence-electron chi connectivity index (χ4n) is 3.80. The van der Waals surface area contributed by atoms with Gasteiger partial charge in [-0.05, 0) is 40.8 Å². The zero-order valence-corrected chi connectivity index (χ0v) is 16.2. The molecule has 3 N–H and O–H groups in total. The maximum absolute atomic E-state index is 10.4. The Morgan fingerprint density at radius 2 is 1.89 bits per heavy atom. The van der Waals surface area contributed by atoms with E-state index in [2.05, 4.69) is 6.07 Å². The maximum atomic E-state index is 10.4. The molecule has 0 spiro atoms. The van der Waals surface area contributed by atoms with E-state index < -0.39 is 30.7 Å². The lowest BCUT2D eigenvalue weighted by molar-refractivity contribution is -0.292. The zero-order chi connectivity index (χ0) is 19.8. The summed E-state index contributed by atoms with van der Waals surface area (Å²) < 4.78 is 16.3. The van der Waals surface area contributed by atoms with Crippen molar-refractivity contribution in [2.45, 2.75) is 43.5 Å². The summed E-state index contributed by atoms with van der Waals surface area (Å²) in [5.41, 5.74) is 3.84. The van der Waals surface area contributed by atoms with Crippen molar-refractivity contribution in [3.63, 3.8) is 0 Å². The third kappa shape index (κ3) is 3.64. The number of halogens is 1. The molecule has 7 heteroatoms. The van der Waals surface area contributed by atoms with Gasteiger partial charge in [0.25, 0.3) is 0 Å². The van der Waals surface area contributed by atoms with Gasteiger partial charge < -0.3 is 29.5 Å². The molecule has 0 saturated carbocycles. The number of aliphatic hydroxyl groups is 3. The first-order chi connectivity index (χ1) is 13.5. The molecule has 150 valence electrons. The standard InChI is InChI=1S/C21H23ClO6/c1-26-21-19(25)17(23)18(24)20(28-21)13-3-4-15(22)14(10-13)9-11-2-5-16-12(8-11)6-7-27-16/h2-5,8,10,17-21,23-25H,6-7,9H2,1H3/t17-,18-,19+,20+,21+/m1/s1. The minimum absolute atomic E-state index is 0.606. The maximum Gasteiger partial charge on any atom is 0.186 e. The predicted octanol–water partition coefficient (Wildman–Crippen LogP) is 1.99. The molecule has 0 aromatic heterocycles. The van der Waals surface area contributed by atoms with Gasteiger partial charge in [-0.3, -0.25) is 0 Å². The van der Waals surface area contributed by atoms with Gasteiger partial charge in [0, 0.05) is 18.6 Å². The van der Waals surface area contributed by atoms with Gasteiger partial charge >= 0.3 is 0 Å². The first-order valence-electron chi connectivity index (χ1n) is 9.23. The summed E-state index contributed by atoms with van der Waals surface area (Å²) in [6.07, 6.45) is -4.34. The van der Waals surface area contributed by atoms with Crippen LogP contribution in [-0.4, -0.2) is 53.6 Å². The zero-order valence-electron chi connectivity index (χ0n) is 15.4. The minimum Gasteiger partial charge on any atom is -0.493 e. The highest BCUT2D eigenvalue weighted by molar-refractivity contribution is 6.31. The van der Waals surface area contributed by atoms with Gasteiger partial charge in [-0.15, -0.1) is 0 Å². The van der Waals surface area contributed by atoms with Gasteiger partial charge in [-0.25, -0.2) is 0 Å². The van der Waals surface area contributed by atoms with E-state index in [1.165, 1.54) is 12.7 Å². The van der Waals surface area contributed by atoms with Crippen molar-refractivity contribution < 1.29 is 29.5 Å². The molecule has 28 heavy (non-hydrogen) atoms. The molecular formula is C21H23ClO6. The summed E-state index contributed by atoms with van der Waals surface area (Å²) in [4.78, 5) is 0. The molecule has 2 aromatic carbocycles. The van der Waals surface area contributed by atoms with E-state index in [0.29, 0.717) is 23.6 Å². The Kier molecular flexibility index (Phi) is 5.60. The second kappa shape index (κ2) is 7.99. The number of methoxy groups -OCH3 is 1. The summed E-state index contributed by atoms with van der Waals surface area (Å²) in [5, 5.41) is 31.1. The Bertz CT molecular complexity index is 855. The second-order valence-corrected chi connectivity index (χ2v) is 7.61. The van der Waals surface area contributed by atoms with Crippen molar-refractivity contribution in [2.75, 3.05) is 13.7 Å². The fourth-order valence-corrected chi connectivity index (χ4v) is 3.98. The molecule has 0 bridgehead atoms. The number of hydrogen-bond donors (Lipinski definition) is 3. The van der Waals surface area contributed by atoms with Crippen molar-refractivity contribution in [1.82, 2.24) is 0 Å². The highest BCUT2D eigenvalue weighted by atomic mass is 35.5. The topological polar surface area (TPSA) is 88.4 Å². The Labute approximate surface area is 168 Å². The van der Waals surface area contributed by atoms with E-state index in [1.807, 2.05) is 18.2 Å². The van der Waals surface area contributed by atoms with Crippen LogP contribution in [0.1, 0.15) is 28.4 Å². The first kappa shape index (κ1) is 19.6. The van der Waals surface area contributed by atoms with Gasteiger partial charge in [0.15, 0.2) is 6.29 Å². The molecule has 6 nitrogen and oxygen atoms in total. The van der Waals surface area contributed by atoms with E-state index >= 15 is 0 Å². The predicted molar refractivity (Wildman–Crippen MR) is 103 cm³/mol. The van der Waals surface area contributed by atoms with Crippen LogP contribution in [0.5, 0.6) is 5.75 Å². The Morgan fingerprint density at radius 1 is 1.07 bits per heavy atom. The van der Waals surface area contributed by atoms with Crippen molar-refractivity contribution in [3.8, 4) is 5.75 Å². The number of ether oxygens (including phenoxy) is 3. The van der Waals surface area contributed by atoms with Crippen LogP contribution < -0.4 is 4.74 Å². The number of benzene rings is 2. The number of aliphatic hydroxyl groups excluding tert-OH is 3. The average Bonchev–Trinajstić information content (AvgIpc) is 3.16. The van der Waals surface area contributed by atoms with Crippen LogP contribution in [-0.2, 0) is 22.3 Å². The van der Waals surface area contributed by atoms with Crippen LogP contribution >= 0.6 is 11.6 Å². The van der Waals surface area contributed by atoms with Crippen LogP contribution in [0.3, 0.4) is 0 Å². The van der Waals surface area contributed by atoms with Gasteiger partial charge in [-0.2, -0.15) is 0 Å². The average molecular weight is 407 g/mol. The van der Waals surface area contributed by atoms with Crippen molar-refractivity contribution in [2.24, 2.45) is 0 Å². The molecule has 1 saturated heterocycles. The van der Waals surface area contributed by atoms with Crippen LogP contribution in [0, 0.1) is 0 Å². The van der Waals surface area contributed by atoms with Crippen LogP contribution in [0.2, 0.25) is 5.02 Å². The molecule has 4 rings (SSSR count). The minimum atomic E-state index is -1.38. The molecule has 0 radical (unpaired) electrons. The first-order valence-corrected chi connectivity index (χ1v) is 9.61. The largest absolute Gasteiger partial charge is 0.493 e. The lowest BCUT2D eigenvalue weighted by Crippen LogP contribution is -2.54. The van der Waals surface area contributed by atoms with Crippen LogP contribution in [0.15, 0.2) is 36.4 Å². The lowest BCUT2D eigenvalue weighted by atomic mass is 9.92. The normalized spacial score (nSPS) is 29.4. The molecule has 2 aliphatic rings. The Hall–Kier alpha value is -1.67. The summed E-state index contributed by atoms with van der Waals surface area (Å²) in [6, 6.07) is 11.5. The highest BCUT2D eigenvalue weighted by Crippen LogP contribution is 2.35. The van der Waals surface area contributed by atoms with Gasteiger partial charge in [0.1, 0.15) is 30.2 Å². The Morgan fingerprint density at radius 3 is 2.68 bits per heavy atom. The van der Waals surface area contributed by atoms with Crippen molar-refractivity contribution in [1.29, 1.82) is 0 Å². The quantitative estimate of drug-likeness (QED) is 0.719. The second-order valence-electron chi connectivity index (χ2n) is 7.20. The van der Waals surface area contributed by atoms with E-state index in [9.17, 15) is 15.3 Å². The van der Waals surface area contributed by atoms with Crippen molar-refractivity contribution in [3.05, 3.63) is 63.7 Å². The molecule has 2 aliphatic heterocycles. The fraction of sp³-hybridized carbons (Fsp3) is 0.429. The molecule has 0 aliphatic carbocycles. The molecule has 1 fully saturated rings. The molecule has 2 aromatic rings. The van der Waals surface area contributed by atoms with E-state index in [4.69, 9.17) is 25.8 Å². The number of hydrogen-bond acceptors (Lipinski definition) is 6. The summed E-state index contributed by atoms with van der Waals surface area (Å²) in [7, 11) is 1.38. The van der Waals surface area contributed by atoms with Crippen molar-refractivity contribution >= 4 is 11.6 Å².